The van der Waals surface area contributed by atoms with E-state index in [0.717, 1.165) is 0 Å². The molecule has 3 heterocycles. The monoisotopic (exact) mass is 360 g/mol. The second kappa shape index (κ2) is 6.44. The first-order valence-corrected chi connectivity index (χ1v) is 8.47. The van der Waals surface area contributed by atoms with Gasteiger partial charge in [0, 0.05) is 12.3 Å². The molecule has 0 radical (unpaired) electrons. The molecule has 2 unspecified atom stereocenters. The van der Waals surface area contributed by atoms with Gasteiger partial charge < -0.3 is 19.1 Å². The zero-order valence-electron chi connectivity index (χ0n) is 13.6. The van der Waals surface area contributed by atoms with Gasteiger partial charge >= 0.3 is 0 Å². The topological polar surface area (TPSA) is 60.9 Å². The third-order valence-electron chi connectivity index (χ3n) is 4.23. The minimum absolute atomic E-state index is 0.0790. The SMILES string of the molecule is CC1Oc2ccccc2OC1C(=O)N1CC(Oc2ccc(Cl)cn2)C1. The standard InChI is InChI=1S/C18H17ClN2O4/c1-11-17(25-15-5-3-2-4-14(15)23-11)18(22)21-9-13(10-21)24-16-7-6-12(19)8-20-16/h2-8,11,13,17H,9-10H2,1H3. The number of nitrogens with zero attached hydrogens (tertiary/aromatic N) is 2. The van der Waals surface area contributed by atoms with E-state index in [-0.39, 0.29) is 18.1 Å². The van der Waals surface area contributed by atoms with Crippen molar-refractivity contribution in [1.82, 2.24) is 9.88 Å². The molecule has 6 nitrogen and oxygen atoms in total. The molecule has 25 heavy (non-hydrogen) atoms. The number of carbonyl (C=O) groups excluding carboxylic acids is 1. The molecule has 0 spiro atoms. The lowest BCUT2D eigenvalue weighted by atomic mass is 10.1. The summed E-state index contributed by atoms with van der Waals surface area (Å²) in [4.78, 5) is 18.5. The minimum atomic E-state index is -0.649. The highest BCUT2D eigenvalue weighted by atomic mass is 35.5. The van der Waals surface area contributed by atoms with Crippen molar-refractivity contribution in [2.75, 3.05) is 13.1 Å². The molecule has 2 aliphatic rings. The van der Waals surface area contributed by atoms with E-state index in [2.05, 4.69) is 4.98 Å². The van der Waals surface area contributed by atoms with Gasteiger partial charge in [-0.25, -0.2) is 4.98 Å². The summed E-state index contributed by atoms with van der Waals surface area (Å²) in [6.07, 6.45) is 0.458. The van der Waals surface area contributed by atoms with E-state index in [1.165, 1.54) is 6.20 Å². The van der Waals surface area contributed by atoms with Crippen molar-refractivity contribution in [2.24, 2.45) is 0 Å². The molecule has 0 bridgehead atoms. The number of aromatic nitrogens is 1. The Morgan fingerprint density at radius 3 is 2.60 bits per heavy atom. The molecule has 1 aromatic carbocycles. The predicted octanol–water partition coefficient (Wildman–Crippen LogP) is 2.55. The highest BCUT2D eigenvalue weighted by Crippen LogP contribution is 2.34. The number of hydrogen-bond acceptors (Lipinski definition) is 5. The van der Waals surface area contributed by atoms with Gasteiger partial charge in [0.2, 0.25) is 12.0 Å². The van der Waals surface area contributed by atoms with Crippen LogP contribution in [0.15, 0.2) is 42.6 Å². The fourth-order valence-corrected chi connectivity index (χ4v) is 2.98. The zero-order valence-corrected chi connectivity index (χ0v) is 14.3. The highest BCUT2D eigenvalue weighted by Gasteiger charge is 2.42. The van der Waals surface area contributed by atoms with Crippen LogP contribution in [0.2, 0.25) is 5.02 Å². The summed E-state index contributed by atoms with van der Waals surface area (Å²) in [5, 5.41) is 0.557. The number of rotatable bonds is 3. The summed E-state index contributed by atoms with van der Waals surface area (Å²) in [6.45, 7) is 2.83. The van der Waals surface area contributed by atoms with Gasteiger partial charge in [-0.3, -0.25) is 4.79 Å². The normalized spacial score (nSPS) is 22.2. The van der Waals surface area contributed by atoms with Crippen LogP contribution >= 0.6 is 11.6 Å². The van der Waals surface area contributed by atoms with Crippen molar-refractivity contribution in [1.29, 1.82) is 0 Å². The smallest absolute Gasteiger partial charge is 0.267 e. The maximum atomic E-state index is 12.7. The lowest BCUT2D eigenvalue weighted by Gasteiger charge is -2.42. The highest BCUT2D eigenvalue weighted by molar-refractivity contribution is 6.30. The van der Waals surface area contributed by atoms with Crippen LogP contribution in [0.25, 0.3) is 0 Å². The Labute approximate surface area is 150 Å². The number of likely N-dealkylation sites (tertiary alicyclic amines) is 1. The molecule has 1 fully saturated rings. The molecule has 0 N–H and O–H groups in total. The molecule has 0 aliphatic carbocycles. The molecule has 130 valence electrons. The Morgan fingerprint density at radius 1 is 1.20 bits per heavy atom. The number of fused-ring (bicyclic) bond motifs is 1. The van der Waals surface area contributed by atoms with Gasteiger partial charge in [-0.15, -0.1) is 0 Å². The van der Waals surface area contributed by atoms with Crippen molar-refractivity contribution in [2.45, 2.75) is 25.2 Å². The first-order chi connectivity index (χ1) is 12.1. The van der Waals surface area contributed by atoms with E-state index in [9.17, 15) is 4.79 Å². The van der Waals surface area contributed by atoms with E-state index < -0.39 is 6.10 Å². The van der Waals surface area contributed by atoms with Gasteiger partial charge in [0.15, 0.2) is 11.5 Å². The Morgan fingerprint density at radius 2 is 1.92 bits per heavy atom. The fourth-order valence-electron chi connectivity index (χ4n) is 2.87. The third-order valence-corrected chi connectivity index (χ3v) is 4.46. The quantitative estimate of drug-likeness (QED) is 0.841. The van der Waals surface area contributed by atoms with Gasteiger partial charge in [0.1, 0.15) is 12.2 Å². The molecule has 1 amide bonds. The van der Waals surface area contributed by atoms with E-state index in [4.69, 9.17) is 25.8 Å². The summed E-state index contributed by atoms with van der Waals surface area (Å²) in [6, 6.07) is 10.8. The third kappa shape index (κ3) is 3.22. The number of para-hydroxylation sites is 2. The lowest BCUT2D eigenvalue weighted by molar-refractivity contribution is -0.153. The Hall–Kier alpha value is -2.47. The second-order valence-electron chi connectivity index (χ2n) is 6.11. The molecule has 4 rings (SSSR count). The average Bonchev–Trinajstić information content (AvgIpc) is 2.58. The molecule has 1 saturated heterocycles. The molecule has 2 atom stereocenters. The van der Waals surface area contributed by atoms with Gasteiger partial charge in [0.05, 0.1) is 18.1 Å². The van der Waals surface area contributed by atoms with E-state index in [1.54, 1.807) is 23.1 Å². The molecule has 1 aromatic heterocycles. The number of amides is 1. The Kier molecular flexibility index (Phi) is 4.13. The van der Waals surface area contributed by atoms with Gasteiger partial charge in [-0.1, -0.05) is 23.7 Å². The van der Waals surface area contributed by atoms with Gasteiger partial charge in [-0.05, 0) is 25.1 Å². The first-order valence-electron chi connectivity index (χ1n) is 8.09. The van der Waals surface area contributed by atoms with Crippen molar-refractivity contribution in [3.63, 3.8) is 0 Å². The summed E-state index contributed by atoms with van der Waals surface area (Å²) < 4.78 is 17.4. The Balaban J connectivity index is 1.35. The minimum Gasteiger partial charge on any atom is -0.482 e. The molecule has 2 aliphatic heterocycles. The van der Waals surface area contributed by atoms with E-state index >= 15 is 0 Å². The van der Waals surface area contributed by atoms with Gasteiger partial charge in [0.25, 0.3) is 5.91 Å². The number of hydrogen-bond donors (Lipinski definition) is 0. The van der Waals surface area contributed by atoms with Crippen LogP contribution in [-0.4, -0.2) is 47.2 Å². The van der Waals surface area contributed by atoms with Crippen LogP contribution in [0, 0.1) is 0 Å². The van der Waals surface area contributed by atoms with Crippen LogP contribution in [0.5, 0.6) is 17.4 Å². The summed E-state index contributed by atoms with van der Waals surface area (Å²) >= 11 is 5.80. The summed E-state index contributed by atoms with van der Waals surface area (Å²) in [5.41, 5.74) is 0. The number of halogens is 1. The van der Waals surface area contributed by atoms with Crippen molar-refractivity contribution in [3.8, 4) is 17.4 Å². The molecule has 2 aromatic rings. The maximum Gasteiger partial charge on any atom is 0.267 e. The number of pyridine rings is 1. The number of ether oxygens (including phenoxy) is 3. The van der Waals surface area contributed by atoms with Crippen LogP contribution in [0.3, 0.4) is 0 Å². The molecule has 0 saturated carbocycles. The Bertz CT molecular complexity index is 777. The van der Waals surface area contributed by atoms with Crippen LogP contribution in [0.4, 0.5) is 0 Å². The van der Waals surface area contributed by atoms with Crippen molar-refractivity contribution >= 4 is 17.5 Å². The number of carbonyl (C=O) groups is 1. The fraction of sp³-hybridized carbons (Fsp3) is 0.333. The summed E-state index contributed by atoms with van der Waals surface area (Å²) in [7, 11) is 0. The molecular formula is C18H17ClN2O4. The maximum absolute atomic E-state index is 12.7. The van der Waals surface area contributed by atoms with Crippen LogP contribution in [0.1, 0.15) is 6.92 Å². The van der Waals surface area contributed by atoms with Crippen molar-refractivity contribution in [3.05, 3.63) is 47.6 Å². The largest absolute Gasteiger partial charge is 0.482 e. The first kappa shape index (κ1) is 16.0. The van der Waals surface area contributed by atoms with E-state index in [1.807, 2.05) is 25.1 Å². The van der Waals surface area contributed by atoms with Gasteiger partial charge in [-0.2, -0.15) is 0 Å². The lowest BCUT2D eigenvalue weighted by Crippen LogP contribution is -2.61. The predicted molar refractivity (Wildman–Crippen MR) is 91.2 cm³/mol. The van der Waals surface area contributed by atoms with Crippen LogP contribution in [-0.2, 0) is 4.79 Å². The van der Waals surface area contributed by atoms with Crippen molar-refractivity contribution < 1.29 is 19.0 Å². The van der Waals surface area contributed by atoms with Crippen LogP contribution < -0.4 is 14.2 Å². The number of benzene rings is 1. The zero-order chi connectivity index (χ0) is 17.4. The van der Waals surface area contributed by atoms with E-state index in [0.29, 0.717) is 35.5 Å². The average molecular weight is 361 g/mol. The molecule has 7 heteroatoms. The molecular weight excluding hydrogens is 344 g/mol. The second-order valence-corrected chi connectivity index (χ2v) is 6.54. The summed E-state index contributed by atoms with van der Waals surface area (Å²) in [5.74, 6) is 1.67.